The highest BCUT2D eigenvalue weighted by Gasteiger charge is 2.22. The summed E-state index contributed by atoms with van der Waals surface area (Å²) in [5, 5.41) is 7.31. The predicted molar refractivity (Wildman–Crippen MR) is 92.6 cm³/mol. The van der Waals surface area contributed by atoms with Gasteiger partial charge >= 0.3 is 0 Å². The van der Waals surface area contributed by atoms with Crippen LogP contribution in [0.2, 0.25) is 5.15 Å². The van der Waals surface area contributed by atoms with Crippen LogP contribution >= 0.6 is 11.6 Å². The molecule has 0 aliphatic carbocycles. The van der Waals surface area contributed by atoms with Gasteiger partial charge in [0, 0.05) is 32.4 Å². The predicted octanol–water partition coefficient (Wildman–Crippen LogP) is 1.93. The van der Waals surface area contributed by atoms with E-state index in [1.165, 1.54) is 24.9 Å². The Labute approximate surface area is 138 Å². The molecule has 0 spiro atoms. The Balaban J connectivity index is 1.70. The van der Waals surface area contributed by atoms with Gasteiger partial charge in [0.25, 0.3) is 0 Å². The molecule has 1 aliphatic heterocycles. The molecule has 2 N–H and O–H groups in total. The first-order valence-electron chi connectivity index (χ1n) is 8.02. The monoisotopic (exact) mass is 323 g/mol. The molecule has 6 heteroatoms. The minimum Gasteiger partial charge on any atom is -0.356 e. The number of nitrogens with one attached hydrogen (secondary N) is 2. The van der Waals surface area contributed by atoms with Gasteiger partial charge in [-0.2, -0.15) is 0 Å². The Morgan fingerprint density at radius 2 is 2.32 bits per heavy atom. The van der Waals surface area contributed by atoms with Crippen LogP contribution in [0.15, 0.2) is 23.3 Å². The van der Waals surface area contributed by atoms with Crippen molar-refractivity contribution in [3.63, 3.8) is 0 Å². The van der Waals surface area contributed by atoms with Crippen LogP contribution in [0.25, 0.3) is 0 Å². The van der Waals surface area contributed by atoms with E-state index in [2.05, 4.69) is 32.4 Å². The first kappa shape index (κ1) is 17.0. The number of halogens is 1. The van der Waals surface area contributed by atoms with Crippen molar-refractivity contribution < 1.29 is 0 Å². The Morgan fingerprint density at radius 1 is 1.45 bits per heavy atom. The first-order valence-corrected chi connectivity index (χ1v) is 8.39. The maximum atomic E-state index is 5.79. The molecule has 1 aromatic heterocycles. The third-order valence-electron chi connectivity index (χ3n) is 4.13. The normalized spacial score (nSPS) is 19.4. The quantitative estimate of drug-likeness (QED) is 0.477. The summed E-state index contributed by atoms with van der Waals surface area (Å²) in [5.41, 5.74) is 1.17. The summed E-state index contributed by atoms with van der Waals surface area (Å²) in [6, 6.07) is 4.46. The van der Waals surface area contributed by atoms with Gasteiger partial charge in [-0.05, 0) is 44.0 Å². The van der Waals surface area contributed by atoms with Crippen LogP contribution < -0.4 is 10.6 Å². The molecule has 122 valence electrons. The highest BCUT2D eigenvalue weighted by atomic mass is 35.5. The first-order chi connectivity index (χ1) is 10.7. The molecular formula is C16H26ClN5. The van der Waals surface area contributed by atoms with Gasteiger partial charge in [-0.1, -0.05) is 24.6 Å². The van der Waals surface area contributed by atoms with Gasteiger partial charge in [0.15, 0.2) is 5.96 Å². The standard InChI is InChI=1S/C16H26ClN5/c1-3-22-10-4-5-14(22)12-21-16(18-2)19-9-8-13-6-7-15(17)20-11-13/h6-7,11,14H,3-5,8-10,12H2,1-2H3,(H2,18,19,21). The van der Waals surface area contributed by atoms with Crippen molar-refractivity contribution in [1.29, 1.82) is 0 Å². The Hall–Kier alpha value is -1.33. The van der Waals surface area contributed by atoms with Gasteiger partial charge in [-0.25, -0.2) is 4.98 Å². The fraction of sp³-hybridized carbons (Fsp3) is 0.625. The van der Waals surface area contributed by atoms with Crippen molar-refractivity contribution >= 4 is 17.6 Å². The molecule has 0 aromatic carbocycles. The van der Waals surface area contributed by atoms with Crippen molar-refractivity contribution in [3.05, 3.63) is 29.0 Å². The van der Waals surface area contributed by atoms with Gasteiger partial charge in [-0.15, -0.1) is 0 Å². The van der Waals surface area contributed by atoms with Gasteiger partial charge < -0.3 is 10.6 Å². The zero-order chi connectivity index (χ0) is 15.8. The second-order valence-electron chi connectivity index (χ2n) is 5.54. The molecule has 2 rings (SSSR count). The van der Waals surface area contributed by atoms with E-state index in [0.717, 1.165) is 32.0 Å². The number of hydrogen-bond acceptors (Lipinski definition) is 3. The molecule has 5 nitrogen and oxygen atoms in total. The van der Waals surface area contributed by atoms with Gasteiger partial charge in [0.05, 0.1) is 0 Å². The number of guanidine groups is 1. The van der Waals surface area contributed by atoms with E-state index < -0.39 is 0 Å². The van der Waals surface area contributed by atoms with Crippen LogP contribution in [0.3, 0.4) is 0 Å². The molecule has 1 unspecified atom stereocenters. The number of aromatic nitrogens is 1. The summed E-state index contributed by atoms with van der Waals surface area (Å²) in [7, 11) is 1.81. The summed E-state index contributed by atoms with van der Waals surface area (Å²) < 4.78 is 0. The van der Waals surface area contributed by atoms with Gasteiger partial charge in [-0.3, -0.25) is 9.89 Å². The van der Waals surface area contributed by atoms with E-state index in [9.17, 15) is 0 Å². The molecule has 0 bridgehead atoms. The molecule has 0 saturated carbocycles. The molecule has 1 saturated heterocycles. The number of pyridine rings is 1. The molecule has 22 heavy (non-hydrogen) atoms. The average Bonchev–Trinajstić information content (AvgIpc) is 3.00. The molecule has 1 aromatic rings. The van der Waals surface area contributed by atoms with Gasteiger partial charge in [0.2, 0.25) is 0 Å². The highest BCUT2D eigenvalue weighted by Crippen LogP contribution is 2.15. The summed E-state index contributed by atoms with van der Waals surface area (Å²) in [6.07, 6.45) is 5.29. The number of rotatable bonds is 6. The third-order valence-corrected chi connectivity index (χ3v) is 4.35. The fourth-order valence-corrected chi connectivity index (χ4v) is 2.97. The lowest BCUT2D eigenvalue weighted by atomic mass is 10.2. The number of nitrogens with zero attached hydrogens (tertiary/aromatic N) is 3. The van der Waals surface area contributed by atoms with E-state index in [-0.39, 0.29) is 0 Å². The summed E-state index contributed by atoms with van der Waals surface area (Å²) in [6.45, 7) is 6.35. The number of likely N-dealkylation sites (N-methyl/N-ethyl adjacent to an activating group) is 1. The molecular weight excluding hydrogens is 298 g/mol. The molecule has 0 radical (unpaired) electrons. The van der Waals surface area contributed by atoms with Crippen LogP contribution in [-0.2, 0) is 6.42 Å². The van der Waals surface area contributed by atoms with Crippen molar-refractivity contribution in [2.45, 2.75) is 32.2 Å². The van der Waals surface area contributed by atoms with Crippen molar-refractivity contribution in [2.75, 3.05) is 33.2 Å². The summed E-state index contributed by atoms with van der Waals surface area (Å²) in [4.78, 5) is 10.9. The maximum absolute atomic E-state index is 5.79. The molecule has 1 atom stereocenters. The van der Waals surface area contributed by atoms with E-state index in [0.29, 0.717) is 11.2 Å². The highest BCUT2D eigenvalue weighted by molar-refractivity contribution is 6.29. The lowest BCUT2D eigenvalue weighted by Crippen LogP contribution is -2.45. The number of likely N-dealkylation sites (tertiary alicyclic amines) is 1. The summed E-state index contributed by atoms with van der Waals surface area (Å²) >= 11 is 5.79. The lowest BCUT2D eigenvalue weighted by Gasteiger charge is -2.24. The van der Waals surface area contributed by atoms with Crippen LogP contribution in [-0.4, -0.2) is 55.1 Å². The maximum Gasteiger partial charge on any atom is 0.191 e. The topological polar surface area (TPSA) is 52.5 Å². The summed E-state index contributed by atoms with van der Waals surface area (Å²) in [5.74, 6) is 0.866. The zero-order valence-electron chi connectivity index (χ0n) is 13.5. The third kappa shape index (κ3) is 5.14. The fourth-order valence-electron chi connectivity index (χ4n) is 2.86. The van der Waals surface area contributed by atoms with Crippen molar-refractivity contribution in [1.82, 2.24) is 20.5 Å². The SMILES string of the molecule is CCN1CCCC1CNC(=NC)NCCc1ccc(Cl)nc1. The van der Waals surface area contributed by atoms with Crippen LogP contribution in [0.4, 0.5) is 0 Å². The van der Waals surface area contributed by atoms with Crippen molar-refractivity contribution in [3.8, 4) is 0 Å². The lowest BCUT2D eigenvalue weighted by molar-refractivity contribution is 0.267. The van der Waals surface area contributed by atoms with Crippen molar-refractivity contribution in [2.24, 2.45) is 4.99 Å². The number of aliphatic imine (C=N–C) groups is 1. The Bertz CT molecular complexity index is 474. The Morgan fingerprint density at radius 3 is 3.00 bits per heavy atom. The molecule has 1 aliphatic rings. The minimum atomic E-state index is 0.534. The van der Waals surface area contributed by atoms with Crippen LogP contribution in [0, 0.1) is 0 Å². The second-order valence-corrected chi connectivity index (χ2v) is 5.93. The molecule has 0 amide bonds. The smallest absolute Gasteiger partial charge is 0.191 e. The van der Waals surface area contributed by atoms with E-state index in [1.54, 1.807) is 0 Å². The second kappa shape index (κ2) is 8.96. The molecule has 1 fully saturated rings. The van der Waals surface area contributed by atoms with Crippen LogP contribution in [0.5, 0.6) is 0 Å². The number of hydrogen-bond donors (Lipinski definition) is 2. The van der Waals surface area contributed by atoms with Gasteiger partial charge in [0.1, 0.15) is 5.15 Å². The van der Waals surface area contributed by atoms with E-state index in [1.807, 2.05) is 25.4 Å². The Kier molecular flexibility index (Phi) is 6.93. The molecule has 2 heterocycles. The average molecular weight is 324 g/mol. The minimum absolute atomic E-state index is 0.534. The van der Waals surface area contributed by atoms with E-state index >= 15 is 0 Å². The zero-order valence-corrected chi connectivity index (χ0v) is 14.2. The van der Waals surface area contributed by atoms with Crippen LogP contribution in [0.1, 0.15) is 25.3 Å². The largest absolute Gasteiger partial charge is 0.356 e. The van der Waals surface area contributed by atoms with E-state index in [4.69, 9.17) is 11.6 Å².